The molecule has 2 saturated heterocycles. The van der Waals surface area contributed by atoms with Crippen molar-refractivity contribution in [1.82, 2.24) is 19.1 Å². The monoisotopic (exact) mass is 786 g/mol. The molecule has 0 spiro atoms. The maximum Gasteiger partial charge on any atom is 0.304 e. The van der Waals surface area contributed by atoms with E-state index in [0.717, 1.165) is 125 Å². The molecule has 2 aliphatic rings. The van der Waals surface area contributed by atoms with Gasteiger partial charge in [-0.15, -0.1) is 0 Å². The molecule has 0 aliphatic carbocycles. The van der Waals surface area contributed by atoms with Gasteiger partial charge in [0.25, 0.3) is 0 Å². The van der Waals surface area contributed by atoms with E-state index in [1.807, 2.05) is 54.6 Å². The van der Waals surface area contributed by atoms with Gasteiger partial charge in [0.15, 0.2) is 0 Å². The first-order chi connectivity index (χ1) is 28.5. The van der Waals surface area contributed by atoms with Crippen LogP contribution in [-0.4, -0.2) is 97.7 Å². The third-order valence-electron chi connectivity index (χ3n) is 10.7. The van der Waals surface area contributed by atoms with Gasteiger partial charge in [-0.1, -0.05) is 60.7 Å². The van der Waals surface area contributed by atoms with Crippen LogP contribution in [0.5, 0.6) is 12.0 Å². The van der Waals surface area contributed by atoms with Crippen LogP contribution >= 0.6 is 0 Å². The molecule has 0 atom stereocenters. The number of hydrogen-bond donors (Lipinski definition) is 0. The molecule has 0 unspecified atom stereocenters. The lowest BCUT2D eigenvalue weighted by Crippen LogP contribution is -2.36. The molecule has 2 fully saturated rings. The molecule has 0 bridgehead atoms. The van der Waals surface area contributed by atoms with Gasteiger partial charge in [-0.25, -0.2) is 9.13 Å². The fourth-order valence-electron chi connectivity index (χ4n) is 7.60. The lowest BCUT2D eigenvalue weighted by Gasteiger charge is -2.28. The Balaban J connectivity index is 0.000000177. The first-order valence-electron chi connectivity index (χ1n) is 20.4. The number of rotatable bonds is 14. The summed E-state index contributed by atoms with van der Waals surface area (Å²) in [6, 6.07) is 33.6. The summed E-state index contributed by atoms with van der Waals surface area (Å²) >= 11 is 0. The van der Waals surface area contributed by atoms with E-state index in [1.165, 1.54) is 11.1 Å². The molecule has 4 aromatic carbocycles. The van der Waals surface area contributed by atoms with Crippen LogP contribution in [0.3, 0.4) is 0 Å². The number of anilines is 2. The van der Waals surface area contributed by atoms with Crippen molar-refractivity contribution in [1.29, 1.82) is 0 Å². The molecule has 304 valence electrons. The Labute approximate surface area is 340 Å². The van der Waals surface area contributed by atoms with E-state index in [2.05, 4.69) is 62.2 Å². The number of morpholine rings is 2. The maximum absolute atomic E-state index is 13.0. The van der Waals surface area contributed by atoms with Crippen molar-refractivity contribution in [2.45, 2.75) is 51.4 Å². The van der Waals surface area contributed by atoms with Gasteiger partial charge < -0.3 is 28.7 Å². The molecular weight excluding hydrogens is 733 g/mol. The molecule has 0 N–H and O–H groups in total. The number of carbonyl (C=O) groups excluding carboxylic acids is 2. The van der Waals surface area contributed by atoms with Crippen LogP contribution in [-0.2, 0) is 22.3 Å². The van der Waals surface area contributed by atoms with Crippen LogP contribution < -0.4 is 19.3 Å². The number of aryl methyl sites for hydroxylation is 2. The van der Waals surface area contributed by atoms with Crippen molar-refractivity contribution >= 4 is 45.3 Å². The predicted octanol–water partition coefficient (Wildman–Crippen LogP) is 7.87. The van der Waals surface area contributed by atoms with Crippen molar-refractivity contribution < 1.29 is 28.5 Å². The Morgan fingerprint density at radius 2 is 1.02 bits per heavy atom. The van der Waals surface area contributed by atoms with Gasteiger partial charge in [-0.3, -0.25) is 9.59 Å². The number of ether oxygens (including phenoxy) is 4. The zero-order chi connectivity index (χ0) is 40.1. The number of fused-ring (bicyclic) bond motifs is 2. The minimum atomic E-state index is 0.0246. The summed E-state index contributed by atoms with van der Waals surface area (Å²) in [5, 5.41) is 0. The highest BCUT2D eigenvalue weighted by molar-refractivity contribution is 5.94. The Morgan fingerprint density at radius 1 is 0.552 bits per heavy atom. The van der Waals surface area contributed by atoms with Gasteiger partial charge in [0, 0.05) is 50.4 Å². The van der Waals surface area contributed by atoms with Crippen LogP contribution in [0.2, 0.25) is 0 Å². The summed E-state index contributed by atoms with van der Waals surface area (Å²) in [6.45, 7) is 6.35. The maximum atomic E-state index is 13.0. The lowest BCUT2D eigenvalue weighted by atomic mass is 10.1. The Kier molecular flexibility index (Phi) is 14.0. The quantitative estimate of drug-likeness (QED) is 0.101. The van der Waals surface area contributed by atoms with Gasteiger partial charge in [-0.2, -0.15) is 9.97 Å². The second-order valence-electron chi connectivity index (χ2n) is 14.6. The molecule has 2 aromatic heterocycles. The van der Waals surface area contributed by atoms with E-state index in [4.69, 9.17) is 18.9 Å². The van der Waals surface area contributed by atoms with E-state index in [1.54, 1.807) is 23.4 Å². The van der Waals surface area contributed by atoms with E-state index >= 15 is 0 Å². The van der Waals surface area contributed by atoms with Gasteiger partial charge >= 0.3 is 12.0 Å². The zero-order valence-electron chi connectivity index (χ0n) is 33.7. The largest absolute Gasteiger partial charge is 0.468 e. The van der Waals surface area contributed by atoms with Crippen LogP contribution in [0, 0.1) is 0 Å². The topological polar surface area (TPSA) is 113 Å². The van der Waals surface area contributed by atoms with E-state index in [-0.39, 0.29) is 11.8 Å². The summed E-state index contributed by atoms with van der Waals surface area (Å²) in [5.74, 6) is 0.0491. The van der Waals surface area contributed by atoms with E-state index < -0.39 is 0 Å². The molecular formula is C46H54N6O6. The van der Waals surface area contributed by atoms with Crippen molar-refractivity contribution in [3.63, 3.8) is 0 Å². The number of imidazole rings is 2. The summed E-state index contributed by atoms with van der Waals surface area (Å²) in [5.41, 5.74) is 7.96. The predicted molar refractivity (Wildman–Crippen MR) is 228 cm³/mol. The number of carbonyl (C=O) groups is 2. The van der Waals surface area contributed by atoms with Gasteiger partial charge in [0.1, 0.15) is 0 Å². The molecule has 6 aromatic rings. The normalized spacial score (nSPS) is 14.3. The van der Waals surface area contributed by atoms with Crippen molar-refractivity contribution in [3.8, 4) is 12.0 Å². The SMILES string of the molecule is COc1nc2cc(N3CCOCC3)ccc2n1C(=O)CCCCc1ccccc1.COc1nc2ccc(N3CCOCC3)cc2n1C(=O)CCCCc1ccccc1. The molecule has 58 heavy (non-hydrogen) atoms. The van der Waals surface area contributed by atoms with Crippen LogP contribution in [0.15, 0.2) is 97.1 Å². The summed E-state index contributed by atoms with van der Waals surface area (Å²) in [7, 11) is 3.12. The van der Waals surface area contributed by atoms with Gasteiger partial charge in [-0.05, 0) is 86.1 Å². The van der Waals surface area contributed by atoms with Crippen LogP contribution in [0.1, 0.15) is 59.2 Å². The van der Waals surface area contributed by atoms with Crippen LogP contribution in [0.4, 0.5) is 11.4 Å². The first kappa shape index (κ1) is 40.5. The van der Waals surface area contributed by atoms with Crippen LogP contribution in [0.25, 0.3) is 22.1 Å². The number of nitrogens with zero attached hydrogens (tertiary/aromatic N) is 6. The molecule has 0 radical (unpaired) electrons. The fraction of sp³-hybridized carbons (Fsp3) is 0.391. The Bertz CT molecular complexity index is 2240. The second kappa shape index (κ2) is 20.1. The molecule has 2 aliphatic heterocycles. The highest BCUT2D eigenvalue weighted by Crippen LogP contribution is 2.29. The van der Waals surface area contributed by atoms with Crippen molar-refractivity contribution in [2.75, 3.05) is 76.6 Å². The minimum Gasteiger partial charge on any atom is -0.468 e. The minimum absolute atomic E-state index is 0.0246. The third kappa shape index (κ3) is 10.0. The van der Waals surface area contributed by atoms with E-state index in [0.29, 0.717) is 24.9 Å². The summed E-state index contributed by atoms with van der Waals surface area (Å²) < 4.78 is 24.9. The standard InChI is InChI=1S/2C23H27N3O3/c1-28-23-24-20-17-19(25-13-15-29-16-14-25)11-12-21(20)26(23)22(27)10-6-5-9-18-7-3-2-4-8-18;1-28-23-24-20-12-11-19(25-13-15-29-16-14-25)17-21(20)26(23)22(27)10-6-5-9-18-7-3-2-4-8-18/h2*2-4,7-8,11-12,17H,5-6,9-10,13-16H2,1H3. The summed E-state index contributed by atoms with van der Waals surface area (Å²) in [4.78, 5) is 39.5. The number of hydrogen-bond acceptors (Lipinski definition) is 10. The average Bonchev–Trinajstić information content (AvgIpc) is 3.86. The highest BCUT2D eigenvalue weighted by Gasteiger charge is 2.21. The van der Waals surface area contributed by atoms with Crippen molar-refractivity contribution in [3.05, 3.63) is 108 Å². The number of aromatic nitrogens is 4. The molecule has 12 heteroatoms. The first-order valence-corrected chi connectivity index (χ1v) is 20.4. The second-order valence-corrected chi connectivity index (χ2v) is 14.6. The fourth-order valence-corrected chi connectivity index (χ4v) is 7.60. The van der Waals surface area contributed by atoms with E-state index in [9.17, 15) is 9.59 Å². The molecule has 0 saturated carbocycles. The number of benzene rings is 4. The Morgan fingerprint density at radius 3 is 1.53 bits per heavy atom. The molecule has 0 amide bonds. The van der Waals surface area contributed by atoms with Gasteiger partial charge in [0.2, 0.25) is 11.8 Å². The average molecular weight is 787 g/mol. The van der Waals surface area contributed by atoms with Gasteiger partial charge in [0.05, 0.1) is 62.7 Å². The third-order valence-corrected chi connectivity index (χ3v) is 10.7. The summed E-state index contributed by atoms with van der Waals surface area (Å²) in [6.07, 6.45) is 6.53. The lowest BCUT2D eigenvalue weighted by molar-refractivity contribution is 0.0884. The molecule has 8 rings (SSSR count). The highest BCUT2D eigenvalue weighted by atomic mass is 16.5. The zero-order valence-corrected chi connectivity index (χ0v) is 33.7. The Hall–Kier alpha value is -5.72. The van der Waals surface area contributed by atoms with Crippen molar-refractivity contribution in [2.24, 2.45) is 0 Å². The molecule has 12 nitrogen and oxygen atoms in total. The smallest absolute Gasteiger partial charge is 0.304 e. The number of unbranched alkanes of at least 4 members (excludes halogenated alkanes) is 2. The molecule has 4 heterocycles. The number of methoxy groups -OCH3 is 2.